The molecule has 0 spiro atoms. The monoisotopic (exact) mass is 298 g/mol. The fourth-order valence-corrected chi connectivity index (χ4v) is 3.68. The third kappa shape index (κ3) is 6.28. The van der Waals surface area contributed by atoms with E-state index < -0.39 is 0 Å². The fraction of sp³-hybridized carbons (Fsp3) is 1.00. The largest absolute Gasteiger partial charge is 0.379 e. The normalized spacial score (nSPS) is 27.3. The Morgan fingerprint density at radius 3 is 1.95 bits per heavy atom. The molecule has 3 unspecified atom stereocenters. The minimum Gasteiger partial charge on any atom is -0.379 e. The maximum atomic E-state index is 5.93. The highest BCUT2D eigenvalue weighted by Gasteiger charge is 2.44. The maximum Gasteiger partial charge on any atom is 0.0700 e. The van der Waals surface area contributed by atoms with Crippen molar-refractivity contribution in [2.24, 2.45) is 28.6 Å². The lowest BCUT2D eigenvalue weighted by atomic mass is 9.74. The molecule has 0 aromatic rings. The van der Waals surface area contributed by atoms with Gasteiger partial charge in [-0.1, -0.05) is 48.5 Å². The quantitative estimate of drug-likeness (QED) is 0.604. The maximum absolute atomic E-state index is 5.93. The van der Waals surface area contributed by atoms with E-state index in [0.29, 0.717) is 16.7 Å². The van der Waals surface area contributed by atoms with Crippen LogP contribution < -0.4 is 0 Å². The van der Waals surface area contributed by atoms with Crippen LogP contribution in [0.4, 0.5) is 0 Å². The van der Waals surface area contributed by atoms with Crippen LogP contribution in [0.5, 0.6) is 0 Å². The Morgan fingerprint density at radius 2 is 1.43 bits per heavy atom. The van der Waals surface area contributed by atoms with Gasteiger partial charge < -0.3 is 9.47 Å². The lowest BCUT2D eigenvalue weighted by Gasteiger charge is -2.33. The zero-order valence-electron chi connectivity index (χ0n) is 15.5. The van der Waals surface area contributed by atoms with E-state index >= 15 is 0 Å². The topological polar surface area (TPSA) is 18.5 Å². The van der Waals surface area contributed by atoms with Crippen molar-refractivity contribution in [1.29, 1.82) is 0 Å². The molecule has 0 N–H and O–H groups in total. The van der Waals surface area contributed by atoms with E-state index in [9.17, 15) is 0 Å². The van der Waals surface area contributed by atoms with Crippen LogP contribution in [0.2, 0.25) is 0 Å². The third-order valence-electron chi connectivity index (χ3n) is 5.08. The number of hydrogen-bond donors (Lipinski definition) is 0. The second kappa shape index (κ2) is 7.97. The van der Waals surface area contributed by atoms with Gasteiger partial charge in [0.05, 0.1) is 13.2 Å². The lowest BCUT2D eigenvalue weighted by molar-refractivity contribution is 0.0166. The highest BCUT2D eigenvalue weighted by atomic mass is 16.5. The van der Waals surface area contributed by atoms with E-state index in [1.807, 2.05) is 0 Å². The molecule has 21 heavy (non-hydrogen) atoms. The predicted octanol–water partition coefficient (Wildman–Crippen LogP) is 5.16. The molecular weight excluding hydrogens is 260 g/mol. The number of ether oxygens (including phenoxy) is 2. The smallest absolute Gasteiger partial charge is 0.0700 e. The average molecular weight is 299 g/mol. The van der Waals surface area contributed by atoms with Gasteiger partial charge in [-0.15, -0.1) is 0 Å². The van der Waals surface area contributed by atoms with Crippen LogP contribution in [-0.2, 0) is 9.47 Å². The van der Waals surface area contributed by atoms with Crippen LogP contribution >= 0.6 is 0 Å². The van der Waals surface area contributed by atoms with Crippen molar-refractivity contribution in [3.05, 3.63) is 0 Å². The summed E-state index contributed by atoms with van der Waals surface area (Å²) < 4.78 is 11.4. The van der Waals surface area contributed by atoms with Gasteiger partial charge >= 0.3 is 0 Å². The molecule has 2 heteroatoms. The molecule has 0 saturated heterocycles. The predicted molar refractivity (Wildman–Crippen MR) is 90.5 cm³/mol. The first-order valence-electron chi connectivity index (χ1n) is 8.81. The van der Waals surface area contributed by atoms with E-state index in [-0.39, 0.29) is 0 Å². The van der Waals surface area contributed by atoms with Crippen LogP contribution in [0.15, 0.2) is 0 Å². The first-order chi connectivity index (χ1) is 9.66. The summed E-state index contributed by atoms with van der Waals surface area (Å²) in [6.07, 6.45) is 3.76. The Hall–Kier alpha value is -0.0800. The second-order valence-electron chi connectivity index (χ2n) is 8.95. The summed E-state index contributed by atoms with van der Waals surface area (Å²) in [6, 6.07) is 0. The molecule has 1 fully saturated rings. The molecule has 0 amide bonds. The van der Waals surface area contributed by atoms with Crippen LogP contribution in [0.25, 0.3) is 0 Å². The first kappa shape index (κ1) is 19.0. The molecule has 1 rings (SSSR count). The van der Waals surface area contributed by atoms with Gasteiger partial charge in [0, 0.05) is 13.2 Å². The van der Waals surface area contributed by atoms with E-state index in [1.54, 1.807) is 0 Å². The summed E-state index contributed by atoms with van der Waals surface area (Å²) >= 11 is 0. The van der Waals surface area contributed by atoms with Crippen molar-refractivity contribution < 1.29 is 9.47 Å². The Bertz CT molecular complexity index is 285. The number of hydrogen-bond acceptors (Lipinski definition) is 2. The number of rotatable bonds is 7. The highest BCUT2D eigenvalue weighted by Crippen LogP contribution is 2.51. The molecule has 126 valence electrons. The van der Waals surface area contributed by atoms with Crippen molar-refractivity contribution in [2.75, 3.05) is 26.4 Å². The summed E-state index contributed by atoms with van der Waals surface area (Å²) in [7, 11) is 0. The summed E-state index contributed by atoms with van der Waals surface area (Å²) in [5.41, 5.74) is 0.801. The minimum absolute atomic E-state index is 0.382. The van der Waals surface area contributed by atoms with Crippen molar-refractivity contribution >= 4 is 0 Å². The molecule has 0 aliphatic heterocycles. The molecule has 0 radical (unpaired) electrons. The summed E-state index contributed by atoms with van der Waals surface area (Å²) in [5.74, 6) is 2.31. The van der Waals surface area contributed by atoms with Gasteiger partial charge in [0.2, 0.25) is 0 Å². The van der Waals surface area contributed by atoms with Crippen LogP contribution in [0.3, 0.4) is 0 Å². The molecule has 0 aromatic carbocycles. The molecule has 1 saturated carbocycles. The van der Waals surface area contributed by atoms with Gasteiger partial charge in [0.15, 0.2) is 0 Å². The molecular formula is C19H38O2. The Morgan fingerprint density at radius 1 is 0.810 bits per heavy atom. The SMILES string of the molecule is CCCOCCOCC1CC(C(C)(C)C)CC1C(C)(C)C. The van der Waals surface area contributed by atoms with Crippen LogP contribution in [0.1, 0.15) is 67.7 Å². The Labute approximate surface area is 133 Å². The molecule has 0 aromatic heterocycles. The molecule has 1 aliphatic carbocycles. The van der Waals surface area contributed by atoms with Gasteiger partial charge in [-0.05, 0) is 47.8 Å². The van der Waals surface area contributed by atoms with Crippen molar-refractivity contribution in [3.8, 4) is 0 Å². The third-order valence-corrected chi connectivity index (χ3v) is 5.08. The zero-order valence-corrected chi connectivity index (χ0v) is 15.5. The lowest BCUT2D eigenvalue weighted by Crippen LogP contribution is -2.27. The van der Waals surface area contributed by atoms with Crippen molar-refractivity contribution in [2.45, 2.75) is 67.7 Å². The van der Waals surface area contributed by atoms with Gasteiger partial charge in [0.25, 0.3) is 0 Å². The molecule has 1 aliphatic rings. The average Bonchev–Trinajstić information content (AvgIpc) is 2.77. The Kier molecular flexibility index (Phi) is 7.19. The van der Waals surface area contributed by atoms with Gasteiger partial charge in [-0.25, -0.2) is 0 Å². The van der Waals surface area contributed by atoms with Crippen LogP contribution in [0, 0.1) is 28.6 Å². The van der Waals surface area contributed by atoms with Crippen molar-refractivity contribution in [1.82, 2.24) is 0 Å². The second-order valence-corrected chi connectivity index (χ2v) is 8.95. The summed E-state index contributed by atoms with van der Waals surface area (Å²) in [5, 5.41) is 0. The Balaban J connectivity index is 2.45. The van der Waals surface area contributed by atoms with E-state index in [2.05, 4.69) is 48.5 Å². The van der Waals surface area contributed by atoms with E-state index in [4.69, 9.17) is 9.47 Å². The van der Waals surface area contributed by atoms with E-state index in [1.165, 1.54) is 12.8 Å². The fourth-order valence-electron chi connectivity index (χ4n) is 3.68. The summed E-state index contributed by atoms with van der Waals surface area (Å²) in [6.45, 7) is 19.7. The minimum atomic E-state index is 0.382. The first-order valence-corrected chi connectivity index (χ1v) is 8.81. The molecule has 0 bridgehead atoms. The molecule has 0 heterocycles. The van der Waals surface area contributed by atoms with Gasteiger partial charge in [0.1, 0.15) is 0 Å². The standard InChI is InChI=1S/C19H38O2/c1-8-9-20-10-11-21-14-15-12-16(18(2,3)4)13-17(15)19(5,6)7/h15-17H,8-14H2,1-7H3. The van der Waals surface area contributed by atoms with Gasteiger partial charge in [-0.2, -0.15) is 0 Å². The zero-order chi connectivity index (χ0) is 16.1. The highest BCUT2D eigenvalue weighted by molar-refractivity contribution is 4.93. The van der Waals surface area contributed by atoms with Gasteiger partial charge in [-0.3, -0.25) is 0 Å². The molecule has 2 nitrogen and oxygen atoms in total. The molecule has 3 atom stereocenters. The van der Waals surface area contributed by atoms with Crippen LogP contribution in [-0.4, -0.2) is 26.4 Å². The van der Waals surface area contributed by atoms with E-state index in [0.717, 1.165) is 44.7 Å². The summed E-state index contributed by atoms with van der Waals surface area (Å²) in [4.78, 5) is 0. The van der Waals surface area contributed by atoms with Crippen molar-refractivity contribution in [3.63, 3.8) is 0 Å².